The molecule has 5 nitrogen and oxygen atoms in total. The lowest BCUT2D eigenvalue weighted by Crippen LogP contribution is -2.50. The number of aryl methyl sites for hydroxylation is 1. The van der Waals surface area contributed by atoms with E-state index in [0.29, 0.717) is 18.9 Å². The fourth-order valence-corrected chi connectivity index (χ4v) is 4.22. The third-order valence-corrected chi connectivity index (χ3v) is 6.21. The van der Waals surface area contributed by atoms with Crippen molar-refractivity contribution < 1.29 is 9.59 Å². The van der Waals surface area contributed by atoms with Gasteiger partial charge in [-0.05, 0) is 43.4 Å². The van der Waals surface area contributed by atoms with Crippen molar-refractivity contribution in [1.82, 2.24) is 9.80 Å². The molecule has 27 heavy (non-hydrogen) atoms. The molecule has 0 bridgehead atoms. The zero-order chi connectivity index (χ0) is 19.2. The van der Waals surface area contributed by atoms with E-state index in [0.717, 1.165) is 49.8 Å². The molecule has 1 heterocycles. The Labute approximate surface area is 163 Å². The summed E-state index contributed by atoms with van der Waals surface area (Å²) < 4.78 is 0. The van der Waals surface area contributed by atoms with Crippen molar-refractivity contribution in [2.75, 3.05) is 38.0 Å². The number of hydrogen-bond acceptors (Lipinski definition) is 3. The van der Waals surface area contributed by atoms with Crippen molar-refractivity contribution in [1.29, 1.82) is 0 Å². The van der Waals surface area contributed by atoms with Crippen LogP contribution >= 0.6 is 0 Å². The molecule has 148 valence electrons. The highest BCUT2D eigenvalue weighted by atomic mass is 16.2. The first-order valence-electron chi connectivity index (χ1n) is 10.4. The van der Waals surface area contributed by atoms with Gasteiger partial charge in [-0.25, -0.2) is 0 Å². The Morgan fingerprint density at radius 1 is 1.07 bits per heavy atom. The van der Waals surface area contributed by atoms with Crippen molar-refractivity contribution >= 4 is 17.5 Å². The van der Waals surface area contributed by atoms with E-state index >= 15 is 0 Å². The minimum Gasteiger partial charge on any atom is -0.340 e. The van der Waals surface area contributed by atoms with Gasteiger partial charge in [0.05, 0.1) is 6.54 Å². The van der Waals surface area contributed by atoms with E-state index in [2.05, 4.69) is 10.2 Å². The second-order valence-corrected chi connectivity index (χ2v) is 8.14. The summed E-state index contributed by atoms with van der Waals surface area (Å²) in [5.74, 6) is 1.08. The van der Waals surface area contributed by atoms with Gasteiger partial charge in [-0.15, -0.1) is 0 Å². The van der Waals surface area contributed by atoms with E-state index < -0.39 is 0 Å². The summed E-state index contributed by atoms with van der Waals surface area (Å²) in [6, 6.07) is 5.96. The van der Waals surface area contributed by atoms with E-state index in [9.17, 15) is 9.59 Å². The number of anilines is 1. The van der Waals surface area contributed by atoms with Gasteiger partial charge < -0.3 is 10.2 Å². The van der Waals surface area contributed by atoms with Gasteiger partial charge in [0.1, 0.15) is 0 Å². The van der Waals surface area contributed by atoms with E-state index in [1.54, 1.807) is 0 Å². The maximum Gasteiger partial charge on any atom is 0.238 e. The van der Waals surface area contributed by atoms with Gasteiger partial charge in [0.15, 0.2) is 0 Å². The monoisotopic (exact) mass is 371 g/mol. The number of hydrogen-bond donors (Lipinski definition) is 1. The Bertz CT molecular complexity index is 660. The van der Waals surface area contributed by atoms with Gasteiger partial charge >= 0.3 is 0 Å². The van der Waals surface area contributed by atoms with E-state index in [1.807, 2.05) is 36.9 Å². The van der Waals surface area contributed by atoms with Gasteiger partial charge in [-0.1, -0.05) is 37.8 Å². The number of benzene rings is 1. The molecule has 1 saturated carbocycles. The highest BCUT2D eigenvalue weighted by Crippen LogP contribution is 2.28. The van der Waals surface area contributed by atoms with Crippen molar-refractivity contribution in [2.45, 2.75) is 52.4 Å². The average molecular weight is 372 g/mol. The van der Waals surface area contributed by atoms with E-state index in [-0.39, 0.29) is 5.91 Å². The number of carbonyl (C=O) groups excluding carboxylic acids is 2. The van der Waals surface area contributed by atoms with Gasteiger partial charge in [0.2, 0.25) is 11.8 Å². The lowest BCUT2D eigenvalue weighted by atomic mass is 10.0. The highest BCUT2D eigenvalue weighted by molar-refractivity contribution is 5.93. The Morgan fingerprint density at radius 2 is 1.78 bits per heavy atom. The summed E-state index contributed by atoms with van der Waals surface area (Å²) in [6.45, 7) is 7.48. The van der Waals surface area contributed by atoms with Crippen LogP contribution in [0.4, 0.5) is 5.69 Å². The molecule has 0 radical (unpaired) electrons. The van der Waals surface area contributed by atoms with Gasteiger partial charge in [0.25, 0.3) is 0 Å². The van der Waals surface area contributed by atoms with Crippen LogP contribution in [0.5, 0.6) is 0 Å². The predicted molar refractivity (Wildman–Crippen MR) is 109 cm³/mol. The molecule has 0 unspecified atom stereocenters. The molecule has 2 amide bonds. The minimum atomic E-state index is 0.0182. The molecule has 5 heteroatoms. The third-order valence-electron chi connectivity index (χ3n) is 6.21. The topological polar surface area (TPSA) is 52.7 Å². The van der Waals surface area contributed by atoms with E-state index in [4.69, 9.17) is 0 Å². The normalized spacial score (nSPS) is 18.7. The molecule has 1 aliphatic carbocycles. The summed E-state index contributed by atoms with van der Waals surface area (Å²) in [7, 11) is 0. The van der Waals surface area contributed by atoms with Crippen molar-refractivity contribution in [3.05, 3.63) is 29.3 Å². The number of piperazine rings is 1. The lowest BCUT2D eigenvalue weighted by molar-refractivity contribution is -0.133. The second-order valence-electron chi connectivity index (χ2n) is 8.14. The summed E-state index contributed by atoms with van der Waals surface area (Å²) >= 11 is 0. The quantitative estimate of drug-likeness (QED) is 0.834. The molecule has 0 spiro atoms. The highest BCUT2D eigenvalue weighted by Gasteiger charge is 2.24. The lowest BCUT2D eigenvalue weighted by Gasteiger charge is -2.34. The molecular weight excluding hydrogens is 338 g/mol. The molecule has 0 aromatic heterocycles. The molecule has 2 fully saturated rings. The maximum atomic E-state index is 12.4. The standard InChI is InChI=1S/C22H33N3O2/c1-17-6-5-9-20(18(17)2)23-21(26)16-24-12-14-25(15-13-24)22(27)11-10-19-7-3-4-8-19/h5-6,9,19H,3-4,7-8,10-16H2,1-2H3,(H,23,26). The summed E-state index contributed by atoms with van der Waals surface area (Å²) in [5.41, 5.74) is 3.18. The second kappa shape index (κ2) is 9.36. The first-order chi connectivity index (χ1) is 13.0. The largest absolute Gasteiger partial charge is 0.340 e. The average Bonchev–Trinajstić information content (AvgIpc) is 3.18. The van der Waals surface area contributed by atoms with Crippen LogP contribution in [0.1, 0.15) is 49.7 Å². The Balaban J connectivity index is 1.39. The number of nitrogens with zero attached hydrogens (tertiary/aromatic N) is 2. The van der Waals surface area contributed by atoms with Crippen molar-refractivity contribution in [3.8, 4) is 0 Å². The van der Waals surface area contributed by atoms with Gasteiger partial charge in [-0.2, -0.15) is 0 Å². The molecule has 3 rings (SSSR count). The Kier molecular flexibility index (Phi) is 6.89. The predicted octanol–water partition coefficient (Wildman–Crippen LogP) is 3.36. The Hall–Kier alpha value is -1.88. The SMILES string of the molecule is Cc1cccc(NC(=O)CN2CCN(C(=O)CCC3CCCC3)CC2)c1C. The number of nitrogens with one attached hydrogen (secondary N) is 1. The van der Waals surface area contributed by atoms with Crippen LogP contribution in [0.15, 0.2) is 18.2 Å². The molecule has 1 saturated heterocycles. The minimum absolute atomic E-state index is 0.0182. The molecule has 0 atom stereocenters. The fraction of sp³-hybridized carbons (Fsp3) is 0.636. The molecule has 1 aromatic rings. The van der Waals surface area contributed by atoms with Gasteiger partial charge in [0, 0.05) is 38.3 Å². The third kappa shape index (κ3) is 5.55. The fourth-order valence-electron chi connectivity index (χ4n) is 4.22. The van der Waals surface area contributed by atoms with Crippen LogP contribution < -0.4 is 5.32 Å². The van der Waals surface area contributed by atoms with E-state index in [1.165, 1.54) is 31.2 Å². The van der Waals surface area contributed by atoms with Crippen molar-refractivity contribution in [2.24, 2.45) is 5.92 Å². The molecule has 1 N–H and O–H groups in total. The number of rotatable bonds is 6. The Morgan fingerprint density at radius 3 is 2.48 bits per heavy atom. The van der Waals surface area contributed by atoms with Crippen LogP contribution in [-0.4, -0.2) is 54.3 Å². The summed E-state index contributed by atoms with van der Waals surface area (Å²) in [4.78, 5) is 28.9. The van der Waals surface area contributed by atoms with Crippen LogP contribution in [0, 0.1) is 19.8 Å². The first-order valence-corrected chi connectivity index (χ1v) is 10.4. The number of amides is 2. The maximum absolute atomic E-state index is 12.4. The molecule has 2 aliphatic rings. The first kappa shape index (κ1) is 19.9. The molecule has 1 aliphatic heterocycles. The summed E-state index contributed by atoms with van der Waals surface area (Å²) in [6.07, 6.45) is 7.02. The summed E-state index contributed by atoms with van der Waals surface area (Å²) in [5, 5.41) is 3.02. The van der Waals surface area contributed by atoms with Crippen LogP contribution in [0.2, 0.25) is 0 Å². The number of carbonyl (C=O) groups is 2. The van der Waals surface area contributed by atoms with Crippen LogP contribution in [0.3, 0.4) is 0 Å². The molecular formula is C22H33N3O2. The molecule has 1 aromatic carbocycles. The zero-order valence-corrected chi connectivity index (χ0v) is 16.8. The van der Waals surface area contributed by atoms with Crippen LogP contribution in [0.25, 0.3) is 0 Å². The van der Waals surface area contributed by atoms with Crippen molar-refractivity contribution in [3.63, 3.8) is 0 Å². The van der Waals surface area contributed by atoms with Gasteiger partial charge in [-0.3, -0.25) is 14.5 Å². The zero-order valence-electron chi connectivity index (χ0n) is 16.8. The van der Waals surface area contributed by atoms with Crippen LogP contribution in [-0.2, 0) is 9.59 Å². The smallest absolute Gasteiger partial charge is 0.238 e.